The molecule has 1 amide bonds. The number of rotatable bonds is 5. The number of nitrogens with one attached hydrogen (secondary N) is 1. The second-order valence-electron chi connectivity index (χ2n) is 3.94. The zero-order valence-corrected chi connectivity index (χ0v) is 12.3. The predicted molar refractivity (Wildman–Crippen MR) is 81.9 cm³/mol. The van der Waals surface area contributed by atoms with Crippen molar-refractivity contribution in [2.45, 2.75) is 0 Å². The molecule has 7 heteroatoms. The molecule has 0 aliphatic heterocycles. The maximum Gasteiger partial charge on any atom is 0.277 e. The monoisotopic (exact) mass is 323 g/mol. The van der Waals surface area contributed by atoms with Crippen molar-refractivity contribution in [2.75, 3.05) is 6.61 Å². The van der Waals surface area contributed by atoms with Gasteiger partial charge in [-0.15, -0.1) is 0 Å². The van der Waals surface area contributed by atoms with Crippen molar-refractivity contribution >= 4 is 35.3 Å². The van der Waals surface area contributed by atoms with Gasteiger partial charge >= 0.3 is 0 Å². The van der Waals surface area contributed by atoms with Crippen LogP contribution in [0.2, 0.25) is 10.0 Å². The normalized spacial score (nSPS) is 10.6. The fraction of sp³-hybridized carbons (Fsp3) is 0.0714. The van der Waals surface area contributed by atoms with E-state index in [1.807, 2.05) is 6.07 Å². The smallest absolute Gasteiger partial charge is 0.277 e. The van der Waals surface area contributed by atoms with Crippen molar-refractivity contribution in [1.29, 1.82) is 0 Å². The standard InChI is InChI=1S/C14H11Cl2N3O2/c15-11-3-4-12(16)13(6-11)21-9-14(20)19-18-8-10-2-1-5-17-7-10/h1-8H,9H2,(H,19,20). The Labute approximate surface area is 131 Å². The van der Waals surface area contributed by atoms with Crippen LogP contribution in [0.1, 0.15) is 5.56 Å². The molecule has 2 aromatic rings. The number of aromatic nitrogens is 1. The van der Waals surface area contributed by atoms with E-state index in [0.29, 0.717) is 15.8 Å². The zero-order chi connectivity index (χ0) is 15.1. The highest BCUT2D eigenvalue weighted by molar-refractivity contribution is 6.34. The van der Waals surface area contributed by atoms with Gasteiger partial charge in [0.2, 0.25) is 0 Å². The van der Waals surface area contributed by atoms with Crippen LogP contribution in [-0.4, -0.2) is 23.7 Å². The average Bonchev–Trinajstić information content (AvgIpc) is 2.49. The summed E-state index contributed by atoms with van der Waals surface area (Å²) in [6.07, 6.45) is 4.76. The Bertz CT molecular complexity index is 648. The Kier molecular flexibility index (Phi) is 5.54. The van der Waals surface area contributed by atoms with Crippen LogP contribution >= 0.6 is 23.2 Å². The minimum atomic E-state index is -0.411. The molecule has 108 valence electrons. The number of hydrogen-bond acceptors (Lipinski definition) is 4. The summed E-state index contributed by atoms with van der Waals surface area (Å²) >= 11 is 11.7. The molecule has 0 aliphatic carbocycles. The molecule has 1 aromatic carbocycles. The largest absolute Gasteiger partial charge is 0.482 e. The molecule has 0 fully saturated rings. The first-order chi connectivity index (χ1) is 10.1. The highest BCUT2D eigenvalue weighted by Gasteiger charge is 2.05. The molecule has 21 heavy (non-hydrogen) atoms. The second kappa shape index (κ2) is 7.61. The second-order valence-corrected chi connectivity index (χ2v) is 4.79. The number of carbonyl (C=O) groups is 1. The van der Waals surface area contributed by atoms with Gasteiger partial charge in [-0.25, -0.2) is 5.43 Å². The predicted octanol–water partition coefficient (Wildman–Crippen LogP) is 2.92. The third-order valence-electron chi connectivity index (χ3n) is 2.34. The van der Waals surface area contributed by atoms with Gasteiger partial charge in [-0.2, -0.15) is 5.10 Å². The van der Waals surface area contributed by atoms with E-state index in [1.165, 1.54) is 12.3 Å². The highest BCUT2D eigenvalue weighted by Crippen LogP contribution is 2.27. The third kappa shape index (κ3) is 5.06. The maximum atomic E-state index is 11.6. The number of amides is 1. The van der Waals surface area contributed by atoms with Crippen molar-refractivity contribution in [3.05, 3.63) is 58.3 Å². The fourth-order valence-corrected chi connectivity index (χ4v) is 1.73. The van der Waals surface area contributed by atoms with Gasteiger partial charge in [0.05, 0.1) is 11.2 Å². The summed E-state index contributed by atoms with van der Waals surface area (Å²) in [6, 6.07) is 8.35. The minimum absolute atomic E-state index is 0.218. The van der Waals surface area contributed by atoms with Gasteiger partial charge in [0.15, 0.2) is 6.61 Å². The lowest BCUT2D eigenvalue weighted by molar-refractivity contribution is -0.123. The van der Waals surface area contributed by atoms with Crippen LogP contribution in [-0.2, 0) is 4.79 Å². The van der Waals surface area contributed by atoms with Gasteiger partial charge in [0, 0.05) is 29.0 Å². The molecule has 2 rings (SSSR count). The first-order valence-electron chi connectivity index (χ1n) is 5.95. The molecule has 0 radical (unpaired) electrons. The molecular formula is C14H11Cl2N3O2. The number of halogens is 2. The van der Waals surface area contributed by atoms with Gasteiger partial charge in [-0.3, -0.25) is 9.78 Å². The lowest BCUT2D eigenvalue weighted by atomic mass is 10.3. The number of pyridine rings is 1. The van der Waals surface area contributed by atoms with Crippen LogP contribution < -0.4 is 10.2 Å². The van der Waals surface area contributed by atoms with Crippen molar-refractivity contribution in [3.63, 3.8) is 0 Å². The number of hydrogen-bond donors (Lipinski definition) is 1. The summed E-state index contributed by atoms with van der Waals surface area (Å²) < 4.78 is 5.27. The first-order valence-corrected chi connectivity index (χ1v) is 6.70. The summed E-state index contributed by atoms with van der Waals surface area (Å²) in [5.41, 5.74) is 3.11. The molecule has 0 aliphatic rings. The van der Waals surface area contributed by atoms with Gasteiger partial charge in [-0.05, 0) is 18.2 Å². The lowest BCUT2D eigenvalue weighted by Crippen LogP contribution is -2.24. The SMILES string of the molecule is O=C(COc1cc(Cl)ccc1Cl)NN=Cc1cccnc1. The Morgan fingerprint density at radius 3 is 3.00 bits per heavy atom. The van der Waals surface area contributed by atoms with Gasteiger partial charge in [0.25, 0.3) is 5.91 Å². The molecule has 1 heterocycles. The van der Waals surface area contributed by atoms with E-state index in [2.05, 4.69) is 15.5 Å². The highest BCUT2D eigenvalue weighted by atomic mass is 35.5. The van der Waals surface area contributed by atoms with Gasteiger partial charge < -0.3 is 4.74 Å². The van der Waals surface area contributed by atoms with Crippen LogP contribution in [0.3, 0.4) is 0 Å². The zero-order valence-electron chi connectivity index (χ0n) is 10.8. The molecule has 0 bridgehead atoms. The molecule has 5 nitrogen and oxygen atoms in total. The van der Waals surface area contributed by atoms with Crippen molar-refractivity contribution in [3.8, 4) is 5.75 Å². The van der Waals surface area contributed by atoms with E-state index >= 15 is 0 Å². The summed E-state index contributed by atoms with van der Waals surface area (Å²) in [4.78, 5) is 15.5. The molecule has 0 atom stereocenters. The maximum absolute atomic E-state index is 11.6. The van der Waals surface area contributed by atoms with Gasteiger partial charge in [-0.1, -0.05) is 29.3 Å². The van der Waals surface area contributed by atoms with Crippen LogP contribution in [0.15, 0.2) is 47.8 Å². The van der Waals surface area contributed by atoms with Gasteiger partial charge in [0.1, 0.15) is 5.75 Å². The molecule has 0 saturated carbocycles. The molecule has 1 aromatic heterocycles. The fourth-order valence-electron chi connectivity index (χ4n) is 1.39. The summed E-state index contributed by atoms with van der Waals surface area (Å²) in [6.45, 7) is -0.218. The van der Waals surface area contributed by atoms with E-state index in [-0.39, 0.29) is 6.61 Å². The quantitative estimate of drug-likeness (QED) is 0.679. The molecule has 0 unspecified atom stereocenters. The van der Waals surface area contributed by atoms with Crippen LogP contribution in [0.25, 0.3) is 0 Å². The lowest BCUT2D eigenvalue weighted by Gasteiger charge is -2.07. The number of benzene rings is 1. The third-order valence-corrected chi connectivity index (χ3v) is 2.89. The molecule has 0 spiro atoms. The van der Waals surface area contributed by atoms with Crippen molar-refractivity contribution in [1.82, 2.24) is 10.4 Å². The topological polar surface area (TPSA) is 63.6 Å². The van der Waals surface area contributed by atoms with Crippen LogP contribution in [0.4, 0.5) is 0 Å². The molecule has 1 N–H and O–H groups in total. The number of hydrazone groups is 1. The number of nitrogens with zero attached hydrogens (tertiary/aromatic N) is 2. The van der Waals surface area contributed by atoms with Crippen molar-refractivity contribution in [2.24, 2.45) is 5.10 Å². The Hall–Kier alpha value is -2.11. The van der Waals surface area contributed by atoms with Crippen LogP contribution in [0.5, 0.6) is 5.75 Å². The Balaban J connectivity index is 1.82. The summed E-state index contributed by atoms with van der Waals surface area (Å²) in [5, 5.41) is 4.65. The number of ether oxygens (including phenoxy) is 1. The summed E-state index contributed by atoms with van der Waals surface area (Å²) in [5.74, 6) is -0.0678. The minimum Gasteiger partial charge on any atom is -0.482 e. The molecular weight excluding hydrogens is 313 g/mol. The average molecular weight is 324 g/mol. The number of carbonyl (C=O) groups excluding carboxylic acids is 1. The van der Waals surface area contributed by atoms with E-state index < -0.39 is 5.91 Å². The Morgan fingerprint density at radius 2 is 2.24 bits per heavy atom. The molecule has 0 saturated heterocycles. The van der Waals surface area contributed by atoms with Crippen LogP contribution in [0, 0.1) is 0 Å². The van der Waals surface area contributed by atoms with E-state index in [1.54, 1.807) is 30.6 Å². The first kappa shape index (κ1) is 15.3. The van der Waals surface area contributed by atoms with E-state index in [4.69, 9.17) is 27.9 Å². The van der Waals surface area contributed by atoms with E-state index in [9.17, 15) is 4.79 Å². The van der Waals surface area contributed by atoms with E-state index in [0.717, 1.165) is 5.56 Å². The Morgan fingerprint density at radius 1 is 1.38 bits per heavy atom. The van der Waals surface area contributed by atoms with Crippen molar-refractivity contribution < 1.29 is 9.53 Å². The summed E-state index contributed by atoms with van der Waals surface area (Å²) in [7, 11) is 0.